The molecule has 0 unspecified atom stereocenters. The van der Waals surface area contributed by atoms with Crippen LogP contribution in [0, 0.1) is 5.41 Å². The molecule has 0 saturated carbocycles. The lowest BCUT2D eigenvalue weighted by Crippen LogP contribution is -2.41. The first kappa shape index (κ1) is 17.0. The van der Waals surface area contributed by atoms with Crippen molar-refractivity contribution in [2.45, 2.75) is 19.3 Å². The van der Waals surface area contributed by atoms with Crippen molar-refractivity contribution in [2.24, 2.45) is 5.41 Å². The van der Waals surface area contributed by atoms with Crippen LogP contribution >= 0.6 is 15.9 Å². The molecule has 2 fully saturated rings. The smallest absolute Gasteiger partial charge is 0.128 e. The number of pyridine rings is 2. The van der Waals surface area contributed by atoms with Gasteiger partial charge in [0.1, 0.15) is 5.82 Å². The highest BCUT2D eigenvalue weighted by Gasteiger charge is 2.41. The Kier molecular flexibility index (Phi) is 4.27. The Morgan fingerprint density at radius 1 is 0.852 bits per heavy atom. The largest absolute Gasteiger partial charge is 0.371 e. The molecule has 138 valence electrons. The molecule has 0 bridgehead atoms. The van der Waals surface area contributed by atoms with Crippen LogP contribution in [0.4, 0.5) is 11.5 Å². The molecule has 0 amide bonds. The van der Waals surface area contributed by atoms with Crippen molar-refractivity contribution in [2.75, 3.05) is 36.0 Å². The second kappa shape index (κ2) is 6.79. The Morgan fingerprint density at radius 2 is 1.67 bits per heavy atom. The molecule has 4 nitrogen and oxygen atoms in total. The zero-order chi connectivity index (χ0) is 18.3. The quantitative estimate of drug-likeness (QED) is 0.588. The summed E-state index contributed by atoms with van der Waals surface area (Å²) >= 11 is 3.61. The van der Waals surface area contributed by atoms with Crippen molar-refractivity contribution >= 4 is 38.3 Å². The van der Waals surface area contributed by atoms with Crippen LogP contribution in [0.2, 0.25) is 0 Å². The SMILES string of the molecule is Brc1ccc2nccc(N3CCC4(CCN(c5ccccn5)C4)CC3)c2c1. The molecule has 1 aromatic carbocycles. The molecular formula is C22H23BrN4. The summed E-state index contributed by atoms with van der Waals surface area (Å²) in [5.74, 6) is 1.13. The van der Waals surface area contributed by atoms with Gasteiger partial charge >= 0.3 is 0 Å². The second-order valence-electron chi connectivity index (χ2n) is 7.84. The van der Waals surface area contributed by atoms with E-state index in [9.17, 15) is 0 Å². The normalized spacial score (nSPS) is 19.1. The molecule has 27 heavy (non-hydrogen) atoms. The van der Waals surface area contributed by atoms with Crippen LogP contribution < -0.4 is 9.80 Å². The maximum Gasteiger partial charge on any atom is 0.128 e. The maximum atomic E-state index is 4.55. The summed E-state index contributed by atoms with van der Waals surface area (Å²) < 4.78 is 1.11. The van der Waals surface area contributed by atoms with Crippen LogP contribution in [-0.4, -0.2) is 36.1 Å². The van der Waals surface area contributed by atoms with E-state index in [4.69, 9.17) is 0 Å². The molecule has 0 N–H and O–H groups in total. The van der Waals surface area contributed by atoms with Gasteiger partial charge in [0, 0.05) is 54.1 Å². The molecule has 2 aliphatic rings. The first-order valence-electron chi connectivity index (χ1n) is 9.68. The standard InChI is InChI=1S/C22H23BrN4/c23-17-4-5-19-18(15-17)20(6-11-24-19)26-12-7-22(8-13-26)9-14-27(16-22)21-3-1-2-10-25-21/h1-6,10-11,15H,7-9,12-14,16H2. The van der Waals surface area contributed by atoms with Gasteiger partial charge in [-0.2, -0.15) is 0 Å². The first-order chi connectivity index (χ1) is 13.2. The fourth-order valence-corrected chi connectivity index (χ4v) is 5.04. The Bertz CT molecular complexity index is 951. The Hall–Kier alpha value is -2.14. The molecule has 3 aromatic rings. The summed E-state index contributed by atoms with van der Waals surface area (Å²) in [5, 5.41) is 1.24. The second-order valence-corrected chi connectivity index (χ2v) is 8.75. The third-order valence-electron chi connectivity index (χ3n) is 6.26. The molecule has 0 atom stereocenters. The molecule has 5 heteroatoms. The van der Waals surface area contributed by atoms with Crippen LogP contribution in [-0.2, 0) is 0 Å². The molecule has 2 aliphatic heterocycles. The molecular weight excluding hydrogens is 400 g/mol. The van der Waals surface area contributed by atoms with E-state index in [0.29, 0.717) is 5.41 Å². The van der Waals surface area contributed by atoms with Gasteiger partial charge in [0.2, 0.25) is 0 Å². The average Bonchev–Trinajstić information content (AvgIpc) is 3.13. The van der Waals surface area contributed by atoms with Gasteiger partial charge in [0.15, 0.2) is 0 Å². The van der Waals surface area contributed by atoms with Crippen LogP contribution in [0.3, 0.4) is 0 Å². The summed E-state index contributed by atoms with van der Waals surface area (Å²) in [6.45, 7) is 4.49. The van der Waals surface area contributed by atoms with Crippen LogP contribution in [0.1, 0.15) is 19.3 Å². The van der Waals surface area contributed by atoms with Gasteiger partial charge in [-0.15, -0.1) is 0 Å². The molecule has 0 aliphatic carbocycles. The van der Waals surface area contributed by atoms with Crippen molar-refractivity contribution in [3.8, 4) is 0 Å². The van der Waals surface area contributed by atoms with E-state index >= 15 is 0 Å². The van der Waals surface area contributed by atoms with E-state index in [-0.39, 0.29) is 0 Å². The van der Waals surface area contributed by atoms with Gasteiger partial charge in [-0.25, -0.2) is 4.98 Å². The molecule has 2 aromatic heterocycles. The molecule has 0 radical (unpaired) electrons. The number of anilines is 2. The number of aromatic nitrogens is 2. The van der Waals surface area contributed by atoms with Gasteiger partial charge < -0.3 is 9.80 Å². The van der Waals surface area contributed by atoms with Crippen molar-refractivity contribution in [1.82, 2.24) is 9.97 Å². The maximum absolute atomic E-state index is 4.55. The van der Waals surface area contributed by atoms with Gasteiger partial charge in [0.25, 0.3) is 0 Å². The zero-order valence-corrected chi connectivity index (χ0v) is 16.9. The van der Waals surface area contributed by atoms with Gasteiger partial charge in [-0.05, 0) is 61.1 Å². The number of nitrogens with zero attached hydrogens (tertiary/aromatic N) is 4. The molecule has 1 spiro atoms. The van der Waals surface area contributed by atoms with E-state index in [0.717, 1.165) is 42.0 Å². The summed E-state index contributed by atoms with van der Waals surface area (Å²) in [6.07, 6.45) is 7.60. The highest BCUT2D eigenvalue weighted by molar-refractivity contribution is 9.10. The summed E-state index contributed by atoms with van der Waals surface area (Å²) in [6, 6.07) is 14.7. The number of rotatable bonds is 2. The topological polar surface area (TPSA) is 32.3 Å². The van der Waals surface area contributed by atoms with E-state index < -0.39 is 0 Å². The number of hydrogen-bond donors (Lipinski definition) is 0. The Balaban J connectivity index is 1.33. The third-order valence-corrected chi connectivity index (χ3v) is 6.75. The lowest BCUT2D eigenvalue weighted by Gasteiger charge is -2.40. The van der Waals surface area contributed by atoms with Crippen molar-refractivity contribution in [3.05, 3.63) is 59.3 Å². The molecule has 5 rings (SSSR count). The van der Waals surface area contributed by atoms with E-state index in [2.05, 4.69) is 72.1 Å². The summed E-state index contributed by atoms with van der Waals surface area (Å²) in [5.41, 5.74) is 2.83. The number of fused-ring (bicyclic) bond motifs is 1. The predicted octanol–water partition coefficient (Wildman–Crippen LogP) is 4.89. The Morgan fingerprint density at radius 3 is 2.44 bits per heavy atom. The van der Waals surface area contributed by atoms with Gasteiger partial charge in [-0.3, -0.25) is 4.98 Å². The monoisotopic (exact) mass is 422 g/mol. The summed E-state index contributed by atoms with van der Waals surface area (Å²) in [7, 11) is 0. The highest BCUT2D eigenvalue weighted by atomic mass is 79.9. The van der Waals surface area contributed by atoms with Crippen molar-refractivity contribution < 1.29 is 0 Å². The Labute approximate surface area is 168 Å². The number of piperidine rings is 1. The highest BCUT2D eigenvalue weighted by Crippen LogP contribution is 2.43. The number of benzene rings is 1. The minimum Gasteiger partial charge on any atom is -0.371 e. The lowest BCUT2D eigenvalue weighted by molar-refractivity contribution is 0.250. The third kappa shape index (κ3) is 3.18. The molecule has 4 heterocycles. The fourth-order valence-electron chi connectivity index (χ4n) is 4.68. The number of hydrogen-bond acceptors (Lipinski definition) is 4. The van der Waals surface area contributed by atoms with Crippen molar-refractivity contribution in [1.29, 1.82) is 0 Å². The lowest BCUT2D eigenvalue weighted by atomic mass is 9.77. The minimum atomic E-state index is 0.442. The van der Waals surface area contributed by atoms with Gasteiger partial charge in [-0.1, -0.05) is 22.0 Å². The van der Waals surface area contributed by atoms with E-state index in [1.807, 2.05) is 18.5 Å². The fraction of sp³-hybridized carbons (Fsp3) is 0.364. The van der Waals surface area contributed by atoms with Gasteiger partial charge in [0.05, 0.1) is 5.52 Å². The van der Waals surface area contributed by atoms with Crippen molar-refractivity contribution in [3.63, 3.8) is 0 Å². The van der Waals surface area contributed by atoms with E-state index in [1.54, 1.807) is 0 Å². The molecule has 2 saturated heterocycles. The zero-order valence-electron chi connectivity index (χ0n) is 15.3. The van der Waals surface area contributed by atoms with Crippen LogP contribution in [0.25, 0.3) is 10.9 Å². The first-order valence-corrected chi connectivity index (χ1v) is 10.5. The number of halogens is 1. The van der Waals surface area contributed by atoms with Crippen LogP contribution in [0.15, 0.2) is 59.3 Å². The predicted molar refractivity (Wildman–Crippen MR) is 114 cm³/mol. The summed E-state index contributed by atoms with van der Waals surface area (Å²) in [4.78, 5) is 14.1. The average molecular weight is 423 g/mol. The van der Waals surface area contributed by atoms with Crippen LogP contribution in [0.5, 0.6) is 0 Å². The minimum absolute atomic E-state index is 0.442. The van der Waals surface area contributed by atoms with E-state index in [1.165, 1.54) is 30.3 Å².